The normalized spacial score (nSPS) is 19.5. The first kappa shape index (κ1) is 15.0. The number of hydrogen-bond donors (Lipinski definition) is 0. The minimum atomic E-state index is 0.333. The molecule has 0 bridgehead atoms. The molecule has 100 valence electrons. The van der Waals surface area contributed by atoms with Gasteiger partial charge in [0.2, 0.25) is 0 Å². The van der Waals surface area contributed by atoms with Gasteiger partial charge in [0, 0.05) is 26.1 Å². The molecule has 1 atom stereocenters. The van der Waals surface area contributed by atoms with Crippen molar-refractivity contribution in [2.24, 2.45) is 0 Å². The molecule has 1 heterocycles. The number of rotatable bonds is 2. The fourth-order valence-corrected chi connectivity index (χ4v) is 4.15. The summed E-state index contributed by atoms with van der Waals surface area (Å²) < 4.78 is 1.12. The summed E-state index contributed by atoms with van der Waals surface area (Å²) in [6, 6.07) is 6.51. The van der Waals surface area contributed by atoms with Crippen LogP contribution < -0.4 is 0 Å². The lowest BCUT2D eigenvalue weighted by molar-refractivity contribution is 0.908. The summed E-state index contributed by atoms with van der Waals surface area (Å²) in [5.74, 6) is 1.26. The van der Waals surface area contributed by atoms with Gasteiger partial charge in [0.15, 0.2) is 0 Å². The van der Waals surface area contributed by atoms with Crippen LogP contribution in [0.3, 0.4) is 0 Å². The van der Waals surface area contributed by atoms with Gasteiger partial charge < -0.3 is 0 Å². The minimum Gasteiger partial charge on any atom is -0.119 e. The van der Waals surface area contributed by atoms with Crippen LogP contribution in [0, 0.1) is 0 Å². The maximum atomic E-state index is 6.18. The van der Waals surface area contributed by atoms with Crippen LogP contribution in [0.2, 0.25) is 0 Å². The zero-order chi connectivity index (χ0) is 14.0. The van der Waals surface area contributed by atoms with E-state index in [0.717, 1.165) is 15.1 Å². The van der Waals surface area contributed by atoms with Gasteiger partial charge in [-0.15, -0.1) is 11.8 Å². The van der Waals surface area contributed by atoms with Crippen molar-refractivity contribution in [2.45, 2.75) is 25.5 Å². The Morgan fingerprint density at radius 2 is 2.26 bits per heavy atom. The van der Waals surface area contributed by atoms with Crippen molar-refractivity contribution in [3.63, 3.8) is 0 Å². The van der Waals surface area contributed by atoms with Crippen LogP contribution in [0.25, 0.3) is 0 Å². The number of hydrogen-bond acceptors (Lipinski definition) is 1. The summed E-state index contributed by atoms with van der Waals surface area (Å²) in [7, 11) is 0. The molecule has 0 fully saturated rings. The van der Waals surface area contributed by atoms with E-state index in [-0.39, 0.29) is 0 Å². The van der Waals surface area contributed by atoms with Gasteiger partial charge in [-0.25, -0.2) is 0 Å². The lowest BCUT2D eigenvalue weighted by Gasteiger charge is -2.16. The van der Waals surface area contributed by atoms with Crippen molar-refractivity contribution in [3.05, 3.63) is 68.0 Å². The quantitative estimate of drug-likeness (QED) is 0.593. The molecule has 0 amide bonds. The first-order chi connectivity index (χ1) is 9.04. The molecule has 0 radical (unpaired) electrons. The van der Waals surface area contributed by atoms with Crippen molar-refractivity contribution >= 4 is 39.3 Å². The molecule has 1 unspecified atom stereocenters. The summed E-state index contributed by atoms with van der Waals surface area (Å²) in [6.07, 6.45) is 4.22. The summed E-state index contributed by atoms with van der Waals surface area (Å²) in [5, 5.41) is 0.636. The van der Waals surface area contributed by atoms with E-state index in [1.165, 1.54) is 16.7 Å². The Bertz CT molecular complexity index is 572. The third-order valence-corrected chi connectivity index (χ3v) is 5.29. The molecule has 0 nitrogen and oxygen atoms in total. The molecule has 0 saturated heterocycles. The first-order valence-electron chi connectivity index (χ1n) is 6.17. The van der Waals surface area contributed by atoms with Gasteiger partial charge in [0.25, 0.3) is 0 Å². The predicted octanol–water partition coefficient (Wildman–Crippen LogP) is 6.38. The fraction of sp³-hybridized carbons (Fsp3) is 0.250. The molecule has 0 aromatic heterocycles. The Morgan fingerprint density at radius 3 is 2.89 bits per heavy atom. The van der Waals surface area contributed by atoms with Crippen LogP contribution >= 0.6 is 39.3 Å². The summed E-state index contributed by atoms with van der Waals surface area (Å²) in [5.41, 5.74) is 3.99. The van der Waals surface area contributed by atoms with E-state index in [0.29, 0.717) is 11.0 Å². The van der Waals surface area contributed by atoms with Gasteiger partial charge >= 0.3 is 0 Å². The molecule has 0 aliphatic carbocycles. The number of allylic oxidation sites excluding steroid dienone is 4. The zero-order valence-electron chi connectivity index (χ0n) is 11.0. The van der Waals surface area contributed by atoms with Crippen LogP contribution in [0.5, 0.6) is 0 Å². The monoisotopic (exact) mass is 354 g/mol. The minimum absolute atomic E-state index is 0.333. The maximum Gasteiger partial charge on any atom is 0.0473 e. The Hall–Kier alpha value is -0.440. The van der Waals surface area contributed by atoms with Gasteiger partial charge in [0.05, 0.1) is 0 Å². The Labute approximate surface area is 132 Å². The molecular formula is C16H16BrClS. The Kier molecular flexibility index (Phi) is 4.99. The predicted molar refractivity (Wildman–Crippen MR) is 90.7 cm³/mol. The van der Waals surface area contributed by atoms with Gasteiger partial charge in [-0.05, 0) is 35.8 Å². The van der Waals surface area contributed by atoms with E-state index in [1.54, 1.807) is 11.8 Å². The van der Waals surface area contributed by atoms with E-state index in [2.05, 4.69) is 59.8 Å². The standard InChI is InChI=1S/C16H16BrClS/c1-4-5-15-10(2)14-7-6-13(17)8-12(14)9-19-16(15)11(3)18/h4-8,10H,3,9H2,1-2H3/b5-4-. The Balaban J connectivity index is 2.57. The van der Waals surface area contributed by atoms with E-state index in [1.807, 2.05) is 6.92 Å². The smallest absolute Gasteiger partial charge is 0.0473 e. The van der Waals surface area contributed by atoms with Crippen molar-refractivity contribution in [1.29, 1.82) is 0 Å². The molecule has 1 aliphatic rings. The van der Waals surface area contributed by atoms with E-state index in [9.17, 15) is 0 Å². The second kappa shape index (κ2) is 6.34. The summed E-state index contributed by atoms with van der Waals surface area (Å²) in [4.78, 5) is 1.11. The average Bonchev–Trinajstić information content (AvgIpc) is 2.48. The summed E-state index contributed by atoms with van der Waals surface area (Å²) in [6.45, 7) is 8.18. The second-order valence-electron chi connectivity index (χ2n) is 4.54. The first-order valence-corrected chi connectivity index (χ1v) is 8.33. The van der Waals surface area contributed by atoms with Gasteiger partial charge in [-0.2, -0.15) is 0 Å². The number of fused-ring (bicyclic) bond motifs is 1. The van der Waals surface area contributed by atoms with Crippen LogP contribution in [-0.4, -0.2) is 0 Å². The van der Waals surface area contributed by atoms with Crippen LogP contribution in [0.15, 0.2) is 56.9 Å². The topological polar surface area (TPSA) is 0 Å². The third kappa shape index (κ3) is 3.18. The average molecular weight is 356 g/mol. The molecule has 1 aliphatic heterocycles. The molecule has 0 N–H and O–H groups in total. The lowest BCUT2D eigenvalue weighted by Crippen LogP contribution is -1.99. The highest BCUT2D eigenvalue weighted by Crippen LogP contribution is 2.43. The van der Waals surface area contributed by atoms with Crippen molar-refractivity contribution in [2.75, 3.05) is 0 Å². The third-order valence-electron chi connectivity index (χ3n) is 3.26. The SMILES string of the molecule is C=C(Cl)C1=C(/C=C\C)C(C)c2ccc(Br)cc2CS1. The van der Waals surface area contributed by atoms with E-state index >= 15 is 0 Å². The molecule has 0 saturated carbocycles. The number of thioether (sulfide) groups is 1. The molecule has 1 aromatic rings. The molecule has 3 heteroatoms. The largest absolute Gasteiger partial charge is 0.119 e. The summed E-state index contributed by atoms with van der Waals surface area (Å²) >= 11 is 11.5. The van der Waals surface area contributed by atoms with Crippen molar-refractivity contribution in [3.8, 4) is 0 Å². The Morgan fingerprint density at radius 1 is 1.53 bits per heavy atom. The van der Waals surface area contributed by atoms with Gasteiger partial charge in [-0.3, -0.25) is 0 Å². The number of halogens is 2. The lowest BCUT2D eigenvalue weighted by atomic mass is 9.89. The van der Waals surface area contributed by atoms with Crippen LogP contribution in [0.1, 0.15) is 30.9 Å². The molecule has 1 aromatic carbocycles. The molecular weight excluding hydrogens is 340 g/mol. The molecule has 2 rings (SSSR count). The van der Waals surface area contributed by atoms with E-state index in [4.69, 9.17) is 11.6 Å². The van der Waals surface area contributed by atoms with E-state index < -0.39 is 0 Å². The van der Waals surface area contributed by atoms with Crippen molar-refractivity contribution in [1.82, 2.24) is 0 Å². The molecule has 19 heavy (non-hydrogen) atoms. The van der Waals surface area contributed by atoms with Gasteiger partial charge in [-0.1, -0.05) is 59.3 Å². The molecule has 0 spiro atoms. The maximum absolute atomic E-state index is 6.18. The fourth-order valence-electron chi connectivity index (χ4n) is 2.35. The number of benzene rings is 1. The highest BCUT2D eigenvalue weighted by molar-refractivity contribution is 9.10. The van der Waals surface area contributed by atoms with Gasteiger partial charge in [0.1, 0.15) is 0 Å². The highest BCUT2D eigenvalue weighted by atomic mass is 79.9. The second-order valence-corrected chi connectivity index (χ2v) is 6.90. The van der Waals surface area contributed by atoms with Crippen LogP contribution in [0.4, 0.5) is 0 Å². The highest BCUT2D eigenvalue weighted by Gasteiger charge is 2.22. The van der Waals surface area contributed by atoms with Crippen molar-refractivity contribution < 1.29 is 0 Å². The zero-order valence-corrected chi connectivity index (χ0v) is 14.2. The van der Waals surface area contributed by atoms with Crippen LogP contribution in [-0.2, 0) is 5.75 Å².